The van der Waals surface area contributed by atoms with E-state index in [1.807, 2.05) is 13.8 Å². The number of Topliss-reactive ketones (excluding diaryl/α,β-unsaturated/α-hetero) is 1. The first-order chi connectivity index (χ1) is 10.0. The van der Waals surface area contributed by atoms with Crippen LogP contribution < -0.4 is 4.74 Å². The number of halogens is 1. The molecule has 1 fully saturated rings. The number of hydrogen-bond donors (Lipinski definition) is 0. The Morgan fingerprint density at radius 2 is 2.05 bits per heavy atom. The fourth-order valence-electron chi connectivity index (χ4n) is 2.80. The highest BCUT2D eigenvalue weighted by molar-refractivity contribution is 5.99. The fourth-order valence-corrected chi connectivity index (χ4v) is 2.80. The van der Waals surface area contributed by atoms with Crippen molar-refractivity contribution >= 4 is 5.78 Å². The van der Waals surface area contributed by atoms with Gasteiger partial charge in [0.25, 0.3) is 0 Å². The molecule has 1 aromatic carbocycles. The molecule has 0 bridgehead atoms. The lowest BCUT2D eigenvalue weighted by Gasteiger charge is -2.35. The Morgan fingerprint density at radius 3 is 2.67 bits per heavy atom. The predicted molar refractivity (Wildman–Crippen MR) is 78.3 cm³/mol. The van der Waals surface area contributed by atoms with Gasteiger partial charge in [0.1, 0.15) is 11.6 Å². The van der Waals surface area contributed by atoms with E-state index in [9.17, 15) is 9.18 Å². The van der Waals surface area contributed by atoms with E-state index in [4.69, 9.17) is 9.47 Å². The van der Waals surface area contributed by atoms with Crippen molar-refractivity contribution in [3.63, 3.8) is 0 Å². The van der Waals surface area contributed by atoms with Crippen molar-refractivity contribution in [3.05, 3.63) is 29.6 Å². The van der Waals surface area contributed by atoms with Crippen LogP contribution in [0.25, 0.3) is 0 Å². The van der Waals surface area contributed by atoms with Crippen molar-refractivity contribution in [2.75, 3.05) is 26.7 Å². The molecule has 0 saturated carbocycles. The van der Waals surface area contributed by atoms with E-state index < -0.39 is 5.82 Å². The lowest BCUT2D eigenvalue weighted by atomic mass is 10.1. The molecule has 1 saturated heterocycles. The summed E-state index contributed by atoms with van der Waals surface area (Å²) in [5.41, 5.74) is 0.0503. The van der Waals surface area contributed by atoms with E-state index in [2.05, 4.69) is 4.90 Å². The van der Waals surface area contributed by atoms with Crippen LogP contribution in [0.1, 0.15) is 30.6 Å². The van der Waals surface area contributed by atoms with E-state index in [1.54, 1.807) is 6.07 Å². The van der Waals surface area contributed by atoms with Crippen LogP contribution in [0.3, 0.4) is 0 Å². The molecule has 116 valence electrons. The van der Waals surface area contributed by atoms with E-state index in [0.717, 1.165) is 13.1 Å². The maximum Gasteiger partial charge on any atom is 0.170 e. The zero-order valence-electron chi connectivity index (χ0n) is 12.8. The largest absolute Gasteiger partial charge is 0.496 e. The lowest BCUT2D eigenvalue weighted by Crippen LogP contribution is -2.46. The summed E-state index contributed by atoms with van der Waals surface area (Å²) in [7, 11) is 1.44. The summed E-state index contributed by atoms with van der Waals surface area (Å²) in [5.74, 6) is -0.455. The van der Waals surface area contributed by atoms with Gasteiger partial charge in [-0.1, -0.05) is 6.07 Å². The summed E-state index contributed by atoms with van der Waals surface area (Å²) in [4.78, 5) is 14.5. The van der Waals surface area contributed by atoms with Crippen LogP contribution in [-0.2, 0) is 4.74 Å². The molecule has 1 heterocycles. The second-order valence-corrected chi connectivity index (χ2v) is 5.51. The van der Waals surface area contributed by atoms with Crippen molar-refractivity contribution in [1.82, 2.24) is 4.90 Å². The SMILES string of the molecule is COc1cccc(F)c1C(=O)CCN1CC(C)OC(C)C1. The third-order valence-electron chi connectivity index (χ3n) is 3.62. The van der Waals surface area contributed by atoms with E-state index in [0.29, 0.717) is 12.3 Å². The van der Waals surface area contributed by atoms with Gasteiger partial charge >= 0.3 is 0 Å². The number of ether oxygens (including phenoxy) is 2. The number of rotatable bonds is 5. The maximum atomic E-state index is 13.8. The van der Waals surface area contributed by atoms with Crippen molar-refractivity contribution < 1.29 is 18.7 Å². The van der Waals surface area contributed by atoms with Crippen LogP contribution in [-0.4, -0.2) is 49.6 Å². The second kappa shape index (κ2) is 7.00. The third kappa shape index (κ3) is 4.02. The van der Waals surface area contributed by atoms with Crippen molar-refractivity contribution in [2.24, 2.45) is 0 Å². The lowest BCUT2D eigenvalue weighted by molar-refractivity contribution is -0.0675. The van der Waals surface area contributed by atoms with Gasteiger partial charge in [-0.3, -0.25) is 9.69 Å². The topological polar surface area (TPSA) is 38.8 Å². The average molecular weight is 295 g/mol. The van der Waals surface area contributed by atoms with Crippen LogP contribution in [0, 0.1) is 5.82 Å². The van der Waals surface area contributed by atoms with Gasteiger partial charge in [0.2, 0.25) is 0 Å². The highest BCUT2D eigenvalue weighted by Gasteiger charge is 2.24. The van der Waals surface area contributed by atoms with Crippen LogP contribution in [0.2, 0.25) is 0 Å². The van der Waals surface area contributed by atoms with Crippen molar-refractivity contribution in [3.8, 4) is 5.75 Å². The van der Waals surface area contributed by atoms with Gasteiger partial charge < -0.3 is 9.47 Å². The number of ketones is 1. The number of methoxy groups -OCH3 is 1. The molecule has 1 aliphatic heterocycles. The van der Waals surface area contributed by atoms with Crippen molar-refractivity contribution in [1.29, 1.82) is 0 Å². The summed E-state index contributed by atoms with van der Waals surface area (Å²) < 4.78 is 24.6. The van der Waals surface area contributed by atoms with E-state index in [-0.39, 0.29) is 30.0 Å². The Balaban J connectivity index is 1.99. The fraction of sp³-hybridized carbons (Fsp3) is 0.562. The second-order valence-electron chi connectivity index (χ2n) is 5.51. The third-order valence-corrected chi connectivity index (χ3v) is 3.62. The van der Waals surface area contributed by atoms with Crippen molar-refractivity contribution in [2.45, 2.75) is 32.5 Å². The molecule has 5 heteroatoms. The zero-order chi connectivity index (χ0) is 15.4. The molecule has 0 aromatic heterocycles. The maximum absolute atomic E-state index is 13.8. The minimum absolute atomic E-state index is 0.0503. The molecule has 0 spiro atoms. The molecule has 0 aliphatic carbocycles. The molecule has 4 nitrogen and oxygen atoms in total. The minimum atomic E-state index is -0.525. The molecule has 0 N–H and O–H groups in total. The van der Waals surface area contributed by atoms with Crippen LogP contribution >= 0.6 is 0 Å². The molecule has 2 rings (SSSR count). The number of morpholine rings is 1. The van der Waals surface area contributed by atoms with E-state index in [1.165, 1.54) is 19.2 Å². The molecule has 1 aliphatic rings. The highest BCUT2D eigenvalue weighted by Crippen LogP contribution is 2.23. The monoisotopic (exact) mass is 295 g/mol. The molecule has 1 aromatic rings. The Labute approximate surface area is 124 Å². The summed E-state index contributed by atoms with van der Waals surface area (Å²) in [6.45, 7) is 6.24. The zero-order valence-corrected chi connectivity index (χ0v) is 12.8. The Hall–Kier alpha value is -1.46. The first-order valence-electron chi connectivity index (χ1n) is 7.24. The molecule has 2 unspecified atom stereocenters. The minimum Gasteiger partial charge on any atom is -0.496 e. The molecule has 0 amide bonds. The first-order valence-corrected chi connectivity index (χ1v) is 7.24. The summed E-state index contributed by atoms with van der Waals surface area (Å²) in [6.07, 6.45) is 0.593. The van der Waals surface area contributed by atoms with Gasteiger partial charge in [0, 0.05) is 26.1 Å². The molecule has 21 heavy (non-hydrogen) atoms. The van der Waals surface area contributed by atoms with Crippen LogP contribution in [0.15, 0.2) is 18.2 Å². The summed E-state index contributed by atoms with van der Waals surface area (Å²) >= 11 is 0. The molecule has 0 radical (unpaired) electrons. The smallest absolute Gasteiger partial charge is 0.170 e. The normalized spacial score (nSPS) is 23.0. The van der Waals surface area contributed by atoms with Gasteiger partial charge in [-0.05, 0) is 26.0 Å². The number of carbonyl (C=O) groups is 1. The molecular weight excluding hydrogens is 273 g/mol. The molecular formula is C16H22FNO3. The van der Waals surface area contributed by atoms with E-state index >= 15 is 0 Å². The summed E-state index contributed by atoms with van der Waals surface area (Å²) in [5, 5.41) is 0. The van der Waals surface area contributed by atoms with Gasteiger partial charge in [-0.25, -0.2) is 4.39 Å². The summed E-state index contributed by atoms with van der Waals surface area (Å²) in [6, 6.07) is 4.43. The van der Waals surface area contributed by atoms with Gasteiger partial charge in [0.15, 0.2) is 5.78 Å². The quantitative estimate of drug-likeness (QED) is 0.783. The predicted octanol–water partition coefficient (Wildman–Crippen LogP) is 2.52. The number of nitrogens with zero attached hydrogens (tertiary/aromatic N) is 1. The average Bonchev–Trinajstić information content (AvgIpc) is 2.43. The number of hydrogen-bond acceptors (Lipinski definition) is 4. The Kier molecular flexibility index (Phi) is 5.31. The number of benzene rings is 1. The van der Waals surface area contributed by atoms with Gasteiger partial charge in [0.05, 0.1) is 24.9 Å². The standard InChI is InChI=1S/C16H22FNO3/c1-11-9-18(10-12(2)21-11)8-7-14(19)16-13(17)5-4-6-15(16)20-3/h4-6,11-12H,7-10H2,1-3H3. The van der Waals surface area contributed by atoms with Gasteiger partial charge in [-0.2, -0.15) is 0 Å². The van der Waals surface area contributed by atoms with Gasteiger partial charge in [-0.15, -0.1) is 0 Å². The first kappa shape index (κ1) is 15.9. The van der Waals surface area contributed by atoms with Crippen LogP contribution in [0.5, 0.6) is 5.75 Å². The highest BCUT2D eigenvalue weighted by atomic mass is 19.1. The van der Waals surface area contributed by atoms with Crippen LogP contribution in [0.4, 0.5) is 4.39 Å². The Bertz CT molecular complexity index is 496. The number of carbonyl (C=O) groups excluding carboxylic acids is 1. The Morgan fingerprint density at radius 1 is 1.38 bits per heavy atom. The molecule has 2 atom stereocenters.